The lowest BCUT2D eigenvalue weighted by Gasteiger charge is -2.37. The summed E-state index contributed by atoms with van der Waals surface area (Å²) in [5.74, 6) is 0.472. The molecule has 1 unspecified atom stereocenters. The maximum absolute atomic E-state index is 10.9. The maximum atomic E-state index is 10.9. The van der Waals surface area contributed by atoms with E-state index in [0.29, 0.717) is 19.0 Å². The predicted octanol–water partition coefficient (Wildman–Crippen LogP) is -0.385. The minimum atomic E-state index is -2.94. The second kappa shape index (κ2) is 3.32. The monoisotopic (exact) mass is 192 g/mol. The SMILES string of the molecule is CC(N)CC1CN(S(C)(=O)=O)C1. The Kier molecular flexibility index (Phi) is 2.75. The molecule has 1 aliphatic rings. The molecule has 12 heavy (non-hydrogen) atoms. The molecule has 1 rings (SSSR count). The molecule has 0 saturated carbocycles. The molecule has 1 atom stereocenters. The van der Waals surface area contributed by atoms with Gasteiger partial charge in [-0.1, -0.05) is 0 Å². The molecule has 0 radical (unpaired) electrons. The average Bonchev–Trinajstić information content (AvgIpc) is 1.73. The van der Waals surface area contributed by atoms with Crippen LogP contribution in [0.15, 0.2) is 0 Å². The molecule has 1 heterocycles. The molecule has 0 aromatic heterocycles. The minimum Gasteiger partial charge on any atom is -0.328 e. The lowest BCUT2D eigenvalue weighted by atomic mass is 9.96. The first-order valence-corrected chi connectivity index (χ1v) is 5.95. The van der Waals surface area contributed by atoms with Gasteiger partial charge >= 0.3 is 0 Å². The van der Waals surface area contributed by atoms with E-state index in [0.717, 1.165) is 6.42 Å². The van der Waals surface area contributed by atoms with Crippen LogP contribution in [0.25, 0.3) is 0 Å². The first-order valence-electron chi connectivity index (χ1n) is 4.10. The van der Waals surface area contributed by atoms with Gasteiger partial charge in [0.1, 0.15) is 0 Å². The van der Waals surface area contributed by atoms with Crippen LogP contribution in [0, 0.1) is 5.92 Å². The van der Waals surface area contributed by atoms with Gasteiger partial charge in [-0.2, -0.15) is 0 Å². The molecular formula is C7H16N2O2S. The first kappa shape index (κ1) is 9.95. The summed E-state index contributed by atoms with van der Waals surface area (Å²) in [7, 11) is -2.94. The fourth-order valence-electron chi connectivity index (χ4n) is 1.47. The zero-order valence-electron chi connectivity index (χ0n) is 7.53. The van der Waals surface area contributed by atoms with Gasteiger partial charge < -0.3 is 5.73 Å². The Morgan fingerprint density at radius 2 is 2.08 bits per heavy atom. The van der Waals surface area contributed by atoms with Crippen molar-refractivity contribution in [3.8, 4) is 0 Å². The van der Waals surface area contributed by atoms with Crippen LogP contribution in [-0.4, -0.2) is 38.1 Å². The Morgan fingerprint density at radius 3 is 2.42 bits per heavy atom. The van der Waals surface area contributed by atoms with E-state index in [1.807, 2.05) is 6.92 Å². The maximum Gasteiger partial charge on any atom is 0.211 e. The molecule has 72 valence electrons. The van der Waals surface area contributed by atoms with Gasteiger partial charge in [0.2, 0.25) is 10.0 Å². The van der Waals surface area contributed by atoms with Crippen molar-refractivity contribution < 1.29 is 8.42 Å². The van der Waals surface area contributed by atoms with Gasteiger partial charge in [-0.25, -0.2) is 12.7 Å². The van der Waals surface area contributed by atoms with Crippen LogP contribution >= 0.6 is 0 Å². The molecule has 4 nitrogen and oxygen atoms in total. The largest absolute Gasteiger partial charge is 0.328 e. The Hall–Kier alpha value is -0.130. The Labute approximate surface area is 73.8 Å². The molecule has 0 aromatic carbocycles. The zero-order chi connectivity index (χ0) is 9.35. The van der Waals surface area contributed by atoms with Crippen LogP contribution < -0.4 is 5.73 Å². The van der Waals surface area contributed by atoms with Gasteiger partial charge in [0.15, 0.2) is 0 Å². The molecule has 0 bridgehead atoms. The van der Waals surface area contributed by atoms with E-state index in [1.165, 1.54) is 10.6 Å². The summed E-state index contributed by atoms with van der Waals surface area (Å²) in [5.41, 5.74) is 5.59. The molecule has 2 N–H and O–H groups in total. The van der Waals surface area contributed by atoms with Crippen LogP contribution in [-0.2, 0) is 10.0 Å². The highest BCUT2D eigenvalue weighted by molar-refractivity contribution is 7.88. The van der Waals surface area contributed by atoms with Crippen molar-refractivity contribution in [3.05, 3.63) is 0 Å². The fourth-order valence-corrected chi connectivity index (χ4v) is 2.43. The molecule has 0 amide bonds. The number of rotatable bonds is 3. The molecule has 0 spiro atoms. The second-order valence-electron chi connectivity index (χ2n) is 3.66. The minimum absolute atomic E-state index is 0.178. The quantitative estimate of drug-likeness (QED) is 0.662. The normalized spacial score (nSPS) is 23.6. The lowest BCUT2D eigenvalue weighted by molar-refractivity contribution is 0.184. The van der Waals surface area contributed by atoms with Gasteiger partial charge in [-0.05, 0) is 19.3 Å². The third kappa shape index (κ3) is 2.43. The van der Waals surface area contributed by atoms with E-state index in [2.05, 4.69) is 0 Å². The van der Waals surface area contributed by atoms with E-state index in [4.69, 9.17) is 5.73 Å². The van der Waals surface area contributed by atoms with Gasteiger partial charge in [-0.3, -0.25) is 0 Å². The number of sulfonamides is 1. The smallest absolute Gasteiger partial charge is 0.211 e. The van der Waals surface area contributed by atoms with Crippen LogP contribution in [0.2, 0.25) is 0 Å². The average molecular weight is 192 g/mol. The van der Waals surface area contributed by atoms with E-state index < -0.39 is 10.0 Å². The summed E-state index contributed by atoms with van der Waals surface area (Å²) in [4.78, 5) is 0. The van der Waals surface area contributed by atoms with Crippen LogP contribution in [0.5, 0.6) is 0 Å². The topological polar surface area (TPSA) is 63.4 Å². The van der Waals surface area contributed by atoms with Crippen molar-refractivity contribution in [2.75, 3.05) is 19.3 Å². The molecule has 0 aromatic rings. The third-order valence-corrected chi connectivity index (χ3v) is 3.33. The van der Waals surface area contributed by atoms with Crippen molar-refractivity contribution in [1.82, 2.24) is 4.31 Å². The fraction of sp³-hybridized carbons (Fsp3) is 1.00. The van der Waals surface area contributed by atoms with Crippen molar-refractivity contribution in [2.45, 2.75) is 19.4 Å². The third-order valence-electron chi connectivity index (χ3n) is 2.10. The number of nitrogens with two attached hydrogens (primary N) is 1. The van der Waals surface area contributed by atoms with E-state index in [-0.39, 0.29) is 6.04 Å². The summed E-state index contributed by atoms with van der Waals surface area (Å²) in [5, 5.41) is 0. The standard InChI is InChI=1S/C7H16N2O2S/c1-6(8)3-7-4-9(5-7)12(2,10)11/h6-7H,3-5,8H2,1-2H3. The summed E-state index contributed by atoms with van der Waals surface area (Å²) in [6.07, 6.45) is 2.17. The van der Waals surface area contributed by atoms with Crippen LogP contribution in [0.1, 0.15) is 13.3 Å². The van der Waals surface area contributed by atoms with Crippen molar-refractivity contribution in [2.24, 2.45) is 11.7 Å². The highest BCUT2D eigenvalue weighted by Gasteiger charge is 2.32. The summed E-state index contributed by atoms with van der Waals surface area (Å²) in [6, 6.07) is 0.178. The number of hydrogen-bond acceptors (Lipinski definition) is 3. The Morgan fingerprint density at radius 1 is 1.58 bits per heavy atom. The second-order valence-corrected chi connectivity index (χ2v) is 5.64. The van der Waals surface area contributed by atoms with Gasteiger partial charge in [0.25, 0.3) is 0 Å². The van der Waals surface area contributed by atoms with Crippen molar-refractivity contribution in [3.63, 3.8) is 0 Å². The number of hydrogen-bond donors (Lipinski definition) is 1. The van der Waals surface area contributed by atoms with Gasteiger partial charge in [0.05, 0.1) is 6.26 Å². The Bertz CT molecular complexity index is 242. The summed E-state index contributed by atoms with van der Waals surface area (Å²) < 4.78 is 23.4. The van der Waals surface area contributed by atoms with Crippen molar-refractivity contribution in [1.29, 1.82) is 0 Å². The van der Waals surface area contributed by atoms with Gasteiger partial charge in [-0.15, -0.1) is 0 Å². The number of nitrogens with zero attached hydrogens (tertiary/aromatic N) is 1. The molecule has 0 aliphatic carbocycles. The molecular weight excluding hydrogens is 176 g/mol. The predicted molar refractivity (Wildman–Crippen MR) is 48.2 cm³/mol. The summed E-state index contributed by atoms with van der Waals surface area (Å²) in [6.45, 7) is 3.25. The van der Waals surface area contributed by atoms with E-state index >= 15 is 0 Å². The van der Waals surface area contributed by atoms with E-state index in [1.54, 1.807) is 0 Å². The molecule has 1 saturated heterocycles. The molecule has 1 aliphatic heterocycles. The Balaban J connectivity index is 2.30. The highest BCUT2D eigenvalue weighted by atomic mass is 32.2. The summed E-state index contributed by atoms with van der Waals surface area (Å²) >= 11 is 0. The first-order chi connectivity index (χ1) is 5.39. The molecule has 5 heteroatoms. The highest BCUT2D eigenvalue weighted by Crippen LogP contribution is 2.22. The van der Waals surface area contributed by atoms with Crippen LogP contribution in [0.4, 0.5) is 0 Å². The van der Waals surface area contributed by atoms with E-state index in [9.17, 15) is 8.42 Å². The van der Waals surface area contributed by atoms with Crippen molar-refractivity contribution >= 4 is 10.0 Å². The molecule has 1 fully saturated rings. The van der Waals surface area contributed by atoms with Gasteiger partial charge in [0, 0.05) is 19.1 Å². The lowest BCUT2D eigenvalue weighted by Crippen LogP contribution is -2.50. The van der Waals surface area contributed by atoms with Crippen LogP contribution in [0.3, 0.4) is 0 Å². The zero-order valence-corrected chi connectivity index (χ0v) is 8.34.